The van der Waals surface area contributed by atoms with Gasteiger partial charge in [-0.15, -0.1) is 0 Å². The molecule has 92 valence electrons. The third kappa shape index (κ3) is 7.80. The molecule has 0 amide bonds. The van der Waals surface area contributed by atoms with Gasteiger partial charge in [0.15, 0.2) is 0 Å². The number of nitrogens with zero attached hydrogens (tertiary/aromatic N) is 3. The largest absolute Gasteiger partial charge is 0.460 e. The number of esters is 1. The van der Waals surface area contributed by atoms with Crippen LogP contribution in [0.1, 0.15) is 34.1 Å². The second-order valence-corrected chi connectivity index (χ2v) is 4.37. The summed E-state index contributed by atoms with van der Waals surface area (Å²) in [7, 11) is 0. The summed E-state index contributed by atoms with van der Waals surface area (Å²) >= 11 is 0. The number of carbonyl (C=O) groups is 1. The summed E-state index contributed by atoms with van der Waals surface area (Å²) in [5.41, 5.74) is -0.939. The van der Waals surface area contributed by atoms with E-state index in [0.29, 0.717) is 0 Å². The summed E-state index contributed by atoms with van der Waals surface area (Å²) in [6.07, 6.45) is -0.549. The van der Waals surface area contributed by atoms with Crippen molar-refractivity contribution in [2.75, 3.05) is 0 Å². The van der Waals surface area contributed by atoms with Crippen molar-refractivity contribution >= 4 is 11.7 Å². The van der Waals surface area contributed by atoms with Gasteiger partial charge >= 0.3 is 5.97 Å². The summed E-state index contributed by atoms with van der Waals surface area (Å²) in [5.74, 6) is -0.421. The molecule has 0 saturated heterocycles. The first kappa shape index (κ1) is 14.9. The van der Waals surface area contributed by atoms with Gasteiger partial charge in [-0.05, 0) is 27.7 Å². The van der Waals surface area contributed by atoms with Crippen LogP contribution in [0.25, 0.3) is 0 Å². The molecule has 0 bridgehead atoms. The lowest BCUT2D eigenvalue weighted by atomic mass is 10.2. The predicted molar refractivity (Wildman–Crippen MR) is 59.7 cm³/mol. The second-order valence-electron chi connectivity index (χ2n) is 4.37. The van der Waals surface area contributed by atoms with E-state index in [0.717, 1.165) is 0 Å². The van der Waals surface area contributed by atoms with E-state index in [1.54, 1.807) is 39.8 Å². The Morgan fingerprint density at radius 1 is 1.35 bits per heavy atom. The summed E-state index contributed by atoms with van der Waals surface area (Å²) in [6.45, 7) is 6.88. The molecule has 17 heavy (non-hydrogen) atoms. The number of hydrogen-bond acceptors (Lipinski definition) is 6. The average molecular weight is 237 g/mol. The first-order valence-corrected chi connectivity index (χ1v) is 5.04. The Labute approximate surface area is 100 Å². The Hall–Kier alpha value is -2.08. The molecular formula is C11H15N3O3. The predicted octanol–water partition coefficient (Wildman–Crippen LogP) is 1.53. The maximum atomic E-state index is 11.4. The van der Waals surface area contributed by atoms with Crippen molar-refractivity contribution in [3.8, 4) is 12.1 Å². The fourth-order valence-electron chi connectivity index (χ4n) is 0.864. The highest BCUT2D eigenvalue weighted by atomic mass is 16.6. The summed E-state index contributed by atoms with van der Waals surface area (Å²) < 4.78 is 5.07. The molecule has 0 aromatic heterocycles. The van der Waals surface area contributed by atoms with Crippen molar-refractivity contribution < 1.29 is 14.4 Å². The molecule has 6 heteroatoms. The number of carbonyl (C=O) groups excluding carboxylic acids is 1. The molecule has 0 fully saturated rings. The molecule has 0 spiro atoms. The van der Waals surface area contributed by atoms with Crippen molar-refractivity contribution in [3.63, 3.8) is 0 Å². The third-order valence-electron chi connectivity index (χ3n) is 1.41. The molecule has 0 saturated carbocycles. The fraction of sp³-hybridized carbons (Fsp3) is 0.636. The van der Waals surface area contributed by atoms with Crippen LogP contribution in [-0.2, 0) is 14.4 Å². The second kappa shape index (κ2) is 6.49. The standard InChI is InChI=1S/C11H15N3O3/c1-8(17-14-9(6-12)7-13)5-10(15)16-11(2,3)4/h8H,5H2,1-4H3. The zero-order chi connectivity index (χ0) is 13.5. The Kier molecular flexibility index (Phi) is 5.70. The van der Waals surface area contributed by atoms with E-state index in [-0.39, 0.29) is 12.1 Å². The lowest BCUT2D eigenvalue weighted by molar-refractivity contribution is -0.157. The molecule has 6 nitrogen and oxygen atoms in total. The van der Waals surface area contributed by atoms with Gasteiger partial charge in [0.1, 0.15) is 23.8 Å². The van der Waals surface area contributed by atoms with Crippen molar-refractivity contribution in [1.82, 2.24) is 0 Å². The van der Waals surface area contributed by atoms with E-state index < -0.39 is 17.7 Å². The monoisotopic (exact) mass is 237 g/mol. The van der Waals surface area contributed by atoms with Gasteiger partial charge in [0.05, 0.1) is 6.42 Å². The van der Waals surface area contributed by atoms with E-state index in [9.17, 15) is 4.79 Å². The smallest absolute Gasteiger partial charge is 0.310 e. The van der Waals surface area contributed by atoms with Gasteiger partial charge < -0.3 is 9.57 Å². The Balaban J connectivity index is 4.17. The van der Waals surface area contributed by atoms with E-state index in [1.165, 1.54) is 0 Å². The Morgan fingerprint density at radius 3 is 2.29 bits per heavy atom. The molecule has 0 heterocycles. The quantitative estimate of drug-likeness (QED) is 0.419. The van der Waals surface area contributed by atoms with Crippen molar-refractivity contribution in [3.05, 3.63) is 0 Å². The van der Waals surface area contributed by atoms with Crippen molar-refractivity contribution in [2.24, 2.45) is 5.16 Å². The van der Waals surface area contributed by atoms with Crippen molar-refractivity contribution in [1.29, 1.82) is 10.5 Å². The van der Waals surface area contributed by atoms with Gasteiger partial charge in [-0.25, -0.2) is 0 Å². The minimum Gasteiger partial charge on any atom is -0.460 e. The summed E-state index contributed by atoms with van der Waals surface area (Å²) in [6, 6.07) is 3.09. The molecule has 0 rings (SSSR count). The first-order chi connectivity index (χ1) is 7.78. The number of hydrogen-bond donors (Lipinski definition) is 0. The fourth-order valence-corrected chi connectivity index (χ4v) is 0.864. The van der Waals surface area contributed by atoms with Crippen molar-refractivity contribution in [2.45, 2.75) is 45.8 Å². The molecule has 0 radical (unpaired) electrons. The molecule has 0 aliphatic carbocycles. The van der Waals surface area contributed by atoms with Crippen LogP contribution in [0, 0.1) is 22.7 Å². The molecule has 0 N–H and O–H groups in total. The number of ether oxygens (including phenoxy) is 1. The maximum absolute atomic E-state index is 11.4. The van der Waals surface area contributed by atoms with Crippen LogP contribution >= 0.6 is 0 Å². The van der Waals surface area contributed by atoms with Gasteiger partial charge in [-0.2, -0.15) is 10.5 Å². The molecule has 0 aromatic carbocycles. The topological polar surface area (TPSA) is 95.5 Å². The van der Waals surface area contributed by atoms with Crippen LogP contribution in [0.3, 0.4) is 0 Å². The number of oxime groups is 1. The van der Waals surface area contributed by atoms with Crippen LogP contribution < -0.4 is 0 Å². The summed E-state index contributed by atoms with van der Waals surface area (Å²) in [4.78, 5) is 16.2. The highest BCUT2D eigenvalue weighted by molar-refractivity contribution is 6.09. The van der Waals surface area contributed by atoms with E-state index in [4.69, 9.17) is 20.1 Å². The van der Waals surface area contributed by atoms with Gasteiger partial charge in [0, 0.05) is 0 Å². The number of nitriles is 2. The minimum atomic E-state index is -0.554. The molecule has 0 aromatic rings. The Bertz CT molecular complexity index is 366. The molecule has 1 unspecified atom stereocenters. The molecular weight excluding hydrogens is 222 g/mol. The van der Waals surface area contributed by atoms with Crippen LogP contribution in [0.2, 0.25) is 0 Å². The number of rotatable bonds is 4. The minimum absolute atomic E-state index is 0.00487. The van der Waals surface area contributed by atoms with E-state index in [2.05, 4.69) is 5.16 Å². The van der Waals surface area contributed by atoms with E-state index >= 15 is 0 Å². The average Bonchev–Trinajstić information content (AvgIpc) is 2.16. The highest BCUT2D eigenvalue weighted by Crippen LogP contribution is 2.10. The Morgan fingerprint density at radius 2 is 1.88 bits per heavy atom. The first-order valence-electron chi connectivity index (χ1n) is 5.04. The highest BCUT2D eigenvalue weighted by Gasteiger charge is 2.19. The lowest BCUT2D eigenvalue weighted by Gasteiger charge is -2.20. The van der Waals surface area contributed by atoms with Crippen LogP contribution in [0.5, 0.6) is 0 Å². The zero-order valence-corrected chi connectivity index (χ0v) is 10.4. The van der Waals surface area contributed by atoms with Gasteiger partial charge in [-0.3, -0.25) is 4.79 Å². The van der Waals surface area contributed by atoms with E-state index in [1.807, 2.05) is 0 Å². The maximum Gasteiger partial charge on any atom is 0.310 e. The van der Waals surface area contributed by atoms with Gasteiger partial charge in [-0.1, -0.05) is 5.16 Å². The van der Waals surface area contributed by atoms with Crippen LogP contribution in [0.15, 0.2) is 5.16 Å². The molecule has 0 aliphatic heterocycles. The molecule has 0 aliphatic rings. The zero-order valence-electron chi connectivity index (χ0n) is 10.4. The SMILES string of the molecule is CC(CC(=O)OC(C)(C)C)ON=C(C#N)C#N. The van der Waals surface area contributed by atoms with Crippen LogP contribution in [-0.4, -0.2) is 23.4 Å². The lowest BCUT2D eigenvalue weighted by Crippen LogP contribution is -2.26. The van der Waals surface area contributed by atoms with Gasteiger partial charge in [0.2, 0.25) is 0 Å². The summed E-state index contributed by atoms with van der Waals surface area (Å²) in [5, 5.41) is 20.1. The normalized spacial score (nSPS) is 11.6. The molecule has 1 atom stereocenters. The third-order valence-corrected chi connectivity index (χ3v) is 1.41. The van der Waals surface area contributed by atoms with Crippen LogP contribution in [0.4, 0.5) is 0 Å². The van der Waals surface area contributed by atoms with Gasteiger partial charge in [0.25, 0.3) is 5.71 Å².